The largest absolute Gasteiger partial charge is 0.469 e. The number of anilines is 1. The molecule has 0 aromatic heterocycles. The highest BCUT2D eigenvalue weighted by Gasteiger charge is 2.42. The maximum absolute atomic E-state index is 12.7. The fourth-order valence-corrected chi connectivity index (χ4v) is 3.77. The molecule has 0 heterocycles. The number of unbranched alkanes of at least 4 members (excludes halogenated alkanes) is 3. The van der Waals surface area contributed by atoms with E-state index in [2.05, 4.69) is 4.90 Å². The fourth-order valence-electron chi connectivity index (χ4n) is 3.77. The summed E-state index contributed by atoms with van der Waals surface area (Å²) in [5.74, 6) is -0.599. The number of carbonyl (C=O) groups is 2. The summed E-state index contributed by atoms with van der Waals surface area (Å²) in [6, 6.07) is 6.53. The van der Waals surface area contributed by atoms with Crippen molar-refractivity contribution in [3.63, 3.8) is 0 Å². The Morgan fingerprint density at radius 2 is 1.62 bits per heavy atom. The van der Waals surface area contributed by atoms with Crippen molar-refractivity contribution in [1.82, 2.24) is 0 Å². The second-order valence-corrected chi connectivity index (χ2v) is 9.21. The second-order valence-electron chi connectivity index (χ2n) is 9.21. The molecule has 1 aromatic carbocycles. The van der Waals surface area contributed by atoms with Gasteiger partial charge in [0.15, 0.2) is 0 Å². The number of nitrogens with zero attached hydrogens (tertiary/aromatic N) is 2. The van der Waals surface area contributed by atoms with Crippen molar-refractivity contribution in [3.05, 3.63) is 34.4 Å². The first-order valence-corrected chi connectivity index (χ1v) is 11.2. The van der Waals surface area contributed by atoms with E-state index in [4.69, 9.17) is 9.47 Å². The summed E-state index contributed by atoms with van der Waals surface area (Å²) in [5.41, 5.74) is -0.456. The van der Waals surface area contributed by atoms with Crippen LogP contribution in [0.4, 0.5) is 11.4 Å². The van der Waals surface area contributed by atoms with E-state index in [0.717, 1.165) is 37.9 Å². The van der Waals surface area contributed by atoms with Crippen LogP contribution in [0.15, 0.2) is 24.3 Å². The third-order valence-electron chi connectivity index (χ3n) is 5.97. The molecule has 0 bridgehead atoms. The molecule has 32 heavy (non-hydrogen) atoms. The number of nitro benzene ring substituents is 1. The average Bonchev–Trinajstić information content (AvgIpc) is 2.76. The van der Waals surface area contributed by atoms with Crippen molar-refractivity contribution in [3.8, 4) is 0 Å². The Kier molecular flexibility index (Phi) is 10.6. The molecule has 1 unspecified atom stereocenters. The van der Waals surface area contributed by atoms with Gasteiger partial charge < -0.3 is 14.4 Å². The topological polar surface area (TPSA) is 99.0 Å². The van der Waals surface area contributed by atoms with E-state index >= 15 is 0 Å². The first-order valence-electron chi connectivity index (χ1n) is 11.2. The molecule has 0 radical (unpaired) electrons. The van der Waals surface area contributed by atoms with Gasteiger partial charge in [-0.05, 0) is 65.0 Å². The third kappa shape index (κ3) is 8.13. The molecular weight excluding hydrogens is 412 g/mol. The predicted molar refractivity (Wildman–Crippen MR) is 125 cm³/mol. The number of hydrogen-bond acceptors (Lipinski definition) is 7. The van der Waals surface area contributed by atoms with E-state index in [0.29, 0.717) is 19.4 Å². The van der Waals surface area contributed by atoms with Crippen LogP contribution in [-0.4, -0.2) is 44.2 Å². The standard InChI is InChI=1S/C24H38N2O6/c1-7-24(4,18-23(2,3)21(27)31-6)22(28)32-17-11-9-8-10-16-25(5)19-12-14-20(15-13-19)26(29)30/h12-15H,7-11,16-18H2,1-6H3. The van der Waals surface area contributed by atoms with Gasteiger partial charge in [-0.3, -0.25) is 19.7 Å². The van der Waals surface area contributed by atoms with Crippen LogP contribution >= 0.6 is 0 Å². The molecule has 0 aliphatic rings. The quantitative estimate of drug-likeness (QED) is 0.167. The van der Waals surface area contributed by atoms with Gasteiger partial charge in [-0.25, -0.2) is 0 Å². The van der Waals surface area contributed by atoms with Gasteiger partial charge in [0.2, 0.25) is 0 Å². The highest BCUT2D eigenvalue weighted by Crippen LogP contribution is 2.38. The summed E-state index contributed by atoms with van der Waals surface area (Å²) in [6.45, 7) is 8.55. The van der Waals surface area contributed by atoms with Crippen LogP contribution in [0, 0.1) is 20.9 Å². The van der Waals surface area contributed by atoms with Gasteiger partial charge in [0, 0.05) is 31.4 Å². The van der Waals surface area contributed by atoms with Crippen LogP contribution in [0.3, 0.4) is 0 Å². The molecule has 1 rings (SSSR count). The molecule has 0 aliphatic heterocycles. The Hall–Kier alpha value is -2.64. The third-order valence-corrected chi connectivity index (χ3v) is 5.97. The van der Waals surface area contributed by atoms with Crippen LogP contribution in [-0.2, 0) is 19.1 Å². The molecule has 1 atom stereocenters. The summed E-state index contributed by atoms with van der Waals surface area (Å²) in [4.78, 5) is 37.1. The number of esters is 2. The highest BCUT2D eigenvalue weighted by atomic mass is 16.6. The van der Waals surface area contributed by atoms with Gasteiger partial charge in [-0.15, -0.1) is 0 Å². The second kappa shape index (κ2) is 12.4. The van der Waals surface area contributed by atoms with E-state index < -0.39 is 15.8 Å². The minimum Gasteiger partial charge on any atom is -0.469 e. The lowest BCUT2D eigenvalue weighted by Crippen LogP contribution is -2.38. The minimum absolute atomic E-state index is 0.0877. The maximum atomic E-state index is 12.7. The molecule has 1 aromatic rings. The Bertz CT molecular complexity index is 762. The van der Waals surface area contributed by atoms with E-state index in [1.54, 1.807) is 26.0 Å². The van der Waals surface area contributed by atoms with Crippen LogP contribution in [0.2, 0.25) is 0 Å². The first-order chi connectivity index (χ1) is 15.0. The van der Waals surface area contributed by atoms with Crippen LogP contribution in [0.1, 0.15) is 66.2 Å². The van der Waals surface area contributed by atoms with Crippen LogP contribution in [0.5, 0.6) is 0 Å². The fraction of sp³-hybridized carbons (Fsp3) is 0.667. The molecule has 0 aliphatic carbocycles. The smallest absolute Gasteiger partial charge is 0.311 e. The van der Waals surface area contributed by atoms with Gasteiger partial charge in [0.05, 0.1) is 29.5 Å². The SMILES string of the molecule is CCC(C)(CC(C)(C)C(=O)OC)C(=O)OCCCCCCN(C)c1ccc([N+](=O)[O-])cc1. The summed E-state index contributed by atoms with van der Waals surface area (Å²) in [6.07, 6.45) is 4.65. The Morgan fingerprint density at radius 1 is 1.03 bits per heavy atom. The summed E-state index contributed by atoms with van der Waals surface area (Å²) >= 11 is 0. The monoisotopic (exact) mass is 450 g/mol. The van der Waals surface area contributed by atoms with Crippen molar-refractivity contribution in [2.24, 2.45) is 10.8 Å². The number of nitro groups is 1. The predicted octanol–water partition coefficient (Wildman–Crippen LogP) is 5.14. The molecule has 0 N–H and O–H groups in total. The normalized spacial score (nSPS) is 13.2. The first kappa shape index (κ1) is 27.4. The maximum Gasteiger partial charge on any atom is 0.311 e. The lowest BCUT2D eigenvalue weighted by Gasteiger charge is -2.33. The van der Waals surface area contributed by atoms with Crippen molar-refractivity contribution < 1.29 is 24.0 Å². The highest BCUT2D eigenvalue weighted by molar-refractivity contribution is 5.80. The van der Waals surface area contributed by atoms with E-state index in [1.165, 1.54) is 19.2 Å². The molecule has 8 nitrogen and oxygen atoms in total. The Balaban J connectivity index is 2.33. The molecule has 0 saturated carbocycles. The zero-order valence-corrected chi connectivity index (χ0v) is 20.3. The number of hydrogen-bond donors (Lipinski definition) is 0. The van der Waals surface area contributed by atoms with Crippen LogP contribution < -0.4 is 4.90 Å². The number of ether oxygens (including phenoxy) is 2. The molecular formula is C24H38N2O6. The average molecular weight is 451 g/mol. The number of rotatable bonds is 14. The van der Waals surface area contributed by atoms with E-state index in [-0.39, 0.29) is 17.6 Å². The van der Waals surface area contributed by atoms with Crippen molar-refractivity contribution in [2.45, 2.75) is 66.2 Å². The Labute approximate surface area is 191 Å². The summed E-state index contributed by atoms with van der Waals surface area (Å²) in [5, 5.41) is 10.7. The van der Waals surface area contributed by atoms with Gasteiger partial charge in [-0.1, -0.05) is 13.3 Å². The zero-order chi connectivity index (χ0) is 24.4. The number of benzene rings is 1. The summed E-state index contributed by atoms with van der Waals surface area (Å²) < 4.78 is 10.4. The molecule has 0 saturated heterocycles. The van der Waals surface area contributed by atoms with E-state index in [1.807, 2.05) is 20.9 Å². The van der Waals surface area contributed by atoms with Gasteiger partial charge in [-0.2, -0.15) is 0 Å². The van der Waals surface area contributed by atoms with Crippen molar-refractivity contribution in [2.75, 3.05) is 32.2 Å². The summed E-state index contributed by atoms with van der Waals surface area (Å²) in [7, 11) is 3.32. The number of carbonyl (C=O) groups excluding carboxylic acids is 2. The zero-order valence-electron chi connectivity index (χ0n) is 20.3. The van der Waals surface area contributed by atoms with Gasteiger partial charge in [0.1, 0.15) is 0 Å². The van der Waals surface area contributed by atoms with E-state index in [9.17, 15) is 19.7 Å². The van der Waals surface area contributed by atoms with Gasteiger partial charge >= 0.3 is 11.9 Å². The van der Waals surface area contributed by atoms with Crippen LogP contribution in [0.25, 0.3) is 0 Å². The minimum atomic E-state index is -0.756. The Morgan fingerprint density at radius 3 is 2.16 bits per heavy atom. The molecule has 180 valence electrons. The van der Waals surface area contributed by atoms with Crippen molar-refractivity contribution in [1.29, 1.82) is 0 Å². The molecule has 0 amide bonds. The molecule has 0 spiro atoms. The van der Waals surface area contributed by atoms with Gasteiger partial charge in [0.25, 0.3) is 5.69 Å². The molecule has 8 heteroatoms. The number of non-ortho nitro benzene ring substituents is 1. The lowest BCUT2D eigenvalue weighted by atomic mass is 9.72. The molecule has 0 fully saturated rings. The number of methoxy groups -OCH3 is 1. The van der Waals surface area contributed by atoms with Crippen molar-refractivity contribution >= 4 is 23.3 Å². The lowest BCUT2D eigenvalue weighted by molar-refractivity contribution is -0.384.